The second kappa shape index (κ2) is 6.93. The summed E-state index contributed by atoms with van der Waals surface area (Å²) in [5, 5.41) is 6.30. The number of nitrogens with one attached hydrogen (secondary N) is 1. The van der Waals surface area contributed by atoms with Crippen molar-refractivity contribution in [2.75, 3.05) is 7.05 Å². The van der Waals surface area contributed by atoms with E-state index in [0.29, 0.717) is 18.4 Å². The minimum Gasteiger partial charge on any atom is -0.336 e. The fourth-order valence-electron chi connectivity index (χ4n) is 2.72. The summed E-state index contributed by atoms with van der Waals surface area (Å²) >= 11 is 1.66. The highest BCUT2D eigenvalue weighted by atomic mass is 32.1. The van der Waals surface area contributed by atoms with Gasteiger partial charge in [0, 0.05) is 37.8 Å². The number of rotatable bonds is 6. The maximum atomic E-state index is 12.6. The Morgan fingerprint density at radius 1 is 1.50 bits per heavy atom. The molecular formula is C17H25N5OS. The van der Waals surface area contributed by atoms with E-state index in [-0.39, 0.29) is 12.1 Å². The molecule has 0 spiro atoms. The number of carbonyl (C=O) groups excluding carboxylic acids is 1. The summed E-state index contributed by atoms with van der Waals surface area (Å²) in [5.74, 6) is 1.84. The Kier molecular flexibility index (Phi) is 4.89. The maximum absolute atomic E-state index is 12.6. The molecule has 0 aliphatic heterocycles. The van der Waals surface area contributed by atoms with Gasteiger partial charge in [-0.2, -0.15) is 0 Å². The summed E-state index contributed by atoms with van der Waals surface area (Å²) in [5.41, 5.74) is 0.946. The number of thiazole rings is 1. The second-order valence-corrected chi connectivity index (χ2v) is 7.74. The Balaban J connectivity index is 1.63. The number of hydrogen-bond acceptors (Lipinski definition) is 4. The average Bonchev–Trinajstić information content (AvgIpc) is 3.12. The Labute approximate surface area is 146 Å². The molecule has 7 heteroatoms. The number of hydrogen-bond donors (Lipinski definition) is 1. The number of aromatic nitrogens is 3. The number of imidazole rings is 1. The molecule has 0 aromatic carbocycles. The van der Waals surface area contributed by atoms with Gasteiger partial charge in [-0.15, -0.1) is 11.3 Å². The lowest BCUT2D eigenvalue weighted by atomic mass is 10.1. The normalized spacial score (nSPS) is 15.5. The van der Waals surface area contributed by atoms with Crippen molar-refractivity contribution in [3.63, 3.8) is 0 Å². The van der Waals surface area contributed by atoms with Gasteiger partial charge in [-0.25, -0.2) is 14.8 Å². The average molecular weight is 347 g/mol. The molecule has 0 radical (unpaired) electrons. The minimum atomic E-state index is -0.0750. The first-order valence-corrected chi connectivity index (χ1v) is 9.26. The van der Waals surface area contributed by atoms with Crippen molar-refractivity contribution >= 4 is 17.4 Å². The molecule has 1 saturated carbocycles. The van der Waals surface area contributed by atoms with Gasteiger partial charge >= 0.3 is 6.03 Å². The van der Waals surface area contributed by atoms with Gasteiger partial charge in [-0.05, 0) is 18.8 Å². The first kappa shape index (κ1) is 17.0. The molecule has 1 N–H and O–H groups in total. The minimum absolute atomic E-state index is 0.0124. The van der Waals surface area contributed by atoms with E-state index in [9.17, 15) is 4.79 Å². The molecule has 1 atom stereocenters. The van der Waals surface area contributed by atoms with Crippen LogP contribution in [0.3, 0.4) is 0 Å². The van der Waals surface area contributed by atoms with Crippen LogP contribution < -0.4 is 5.32 Å². The zero-order valence-corrected chi connectivity index (χ0v) is 15.5. The zero-order valence-electron chi connectivity index (χ0n) is 14.7. The van der Waals surface area contributed by atoms with Crippen LogP contribution in [-0.4, -0.2) is 32.5 Å². The van der Waals surface area contributed by atoms with Gasteiger partial charge in [-0.3, -0.25) is 0 Å². The fourth-order valence-corrected chi connectivity index (χ4v) is 3.54. The van der Waals surface area contributed by atoms with Crippen LogP contribution in [0.4, 0.5) is 4.79 Å². The van der Waals surface area contributed by atoms with Gasteiger partial charge in [0.15, 0.2) is 0 Å². The molecule has 2 amide bonds. The molecule has 2 aromatic rings. The molecule has 24 heavy (non-hydrogen) atoms. The summed E-state index contributed by atoms with van der Waals surface area (Å²) in [6.45, 7) is 4.78. The fraction of sp³-hybridized carbons (Fsp3) is 0.588. The lowest BCUT2D eigenvalue weighted by Gasteiger charge is -2.23. The first-order chi connectivity index (χ1) is 11.5. The Hall–Kier alpha value is -1.89. The third-order valence-corrected chi connectivity index (χ3v) is 5.51. The van der Waals surface area contributed by atoms with Crippen LogP contribution in [0.2, 0.25) is 0 Å². The first-order valence-electron chi connectivity index (χ1n) is 8.39. The molecule has 2 aromatic heterocycles. The summed E-state index contributed by atoms with van der Waals surface area (Å²) in [4.78, 5) is 23.3. The smallest absolute Gasteiger partial charge is 0.318 e. The SMILES string of the molecule is CC(C)c1nc(CN(C)C(=O)N[C@@H](c2nccn2C)C2CC2)cs1. The van der Waals surface area contributed by atoms with Crippen molar-refractivity contribution in [2.45, 2.75) is 45.2 Å². The Morgan fingerprint density at radius 3 is 2.79 bits per heavy atom. The van der Waals surface area contributed by atoms with Crippen LogP contribution in [0, 0.1) is 5.92 Å². The predicted octanol–water partition coefficient (Wildman–Crippen LogP) is 3.29. The van der Waals surface area contributed by atoms with Crippen LogP contribution in [0.1, 0.15) is 55.2 Å². The van der Waals surface area contributed by atoms with E-state index < -0.39 is 0 Å². The zero-order chi connectivity index (χ0) is 17.3. The van der Waals surface area contributed by atoms with E-state index in [1.807, 2.05) is 30.2 Å². The van der Waals surface area contributed by atoms with Gasteiger partial charge < -0.3 is 14.8 Å². The van der Waals surface area contributed by atoms with Crippen LogP contribution >= 0.6 is 11.3 Å². The standard InChI is InChI=1S/C17H25N5OS/c1-11(2)16-19-13(10-24-16)9-22(4)17(23)20-14(12-5-6-12)15-18-7-8-21(15)3/h7-8,10-12,14H,5-6,9H2,1-4H3,(H,20,23)/t14-/m1/s1. The number of nitrogens with zero attached hydrogens (tertiary/aromatic N) is 4. The monoisotopic (exact) mass is 347 g/mol. The van der Waals surface area contributed by atoms with Crippen LogP contribution in [-0.2, 0) is 13.6 Å². The van der Waals surface area contributed by atoms with Crippen molar-refractivity contribution in [3.8, 4) is 0 Å². The van der Waals surface area contributed by atoms with E-state index in [1.165, 1.54) is 0 Å². The van der Waals surface area contributed by atoms with E-state index in [4.69, 9.17) is 0 Å². The van der Waals surface area contributed by atoms with Crippen molar-refractivity contribution in [1.82, 2.24) is 24.8 Å². The van der Waals surface area contributed by atoms with Crippen molar-refractivity contribution in [2.24, 2.45) is 13.0 Å². The molecule has 0 bridgehead atoms. The number of carbonyl (C=O) groups is 1. The van der Waals surface area contributed by atoms with E-state index in [2.05, 4.69) is 29.1 Å². The third-order valence-electron chi connectivity index (χ3n) is 4.32. The molecule has 3 rings (SSSR count). The van der Waals surface area contributed by atoms with Gasteiger partial charge in [0.2, 0.25) is 0 Å². The quantitative estimate of drug-likeness (QED) is 0.872. The second-order valence-electron chi connectivity index (χ2n) is 6.85. The van der Waals surface area contributed by atoms with Gasteiger partial charge in [0.05, 0.1) is 23.3 Å². The van der Waals surface area contributed by atoms with E-state index in [0.717, 1.165) is 29.4 Å². The summed E-state index contributed by atoms with van der Waals surface area (Å²) in [6.07, 6.45) is 5.99. The molecule has 0 saturated heterocycles. The van der Waals surface area contributed by atoms with Crippen LogP contribution in [0.15, 0.2) is 17.8 Å². The van der Waals surface area contributed by atoms with E-state index in [1.54, 1.807) is 22.4 Å². The lowest BCUT2D eigenvalue weighted by molar-refractivity contribution is 0.199. The number of aryl methyl sites for hydroxylation is 1. The summed E-state index contributed by atoms with van der Waals surface area (Å²) in [7, 11) is 3.78. The molecule has 1 aliphatic rings. The van der Waals surface area contributed by atoms with Crippen molar-refractivity contribution < 1.29 is 4.79 Å². The largest absolute Gasteiger partial charge is 0.336 e. The lowest BCUT2D eigenvalue weighted by Crippen LogP contribution is -2.40. The molecule has 1 aliphatic carbocycles. The number of urea groups is 1. The molecule has 1 fully saturated rings. The summed E-state index contributed by atoms with van der Waals surface area (Å²) in [6, 6.07) is -0.0874. The molecule has 0 unspecified atom stereocenters. The Bertz CT molecular complexity index is 703. The van der Waals surface area contributed by atoms with Crippen molar-refractivity contribution in [3.05, 3.63) is 34.3 Å². The van der Waals surface area contributed by atoms with Gasteiger partial charge in [0.25, 0.3) is 0 Å². The molecule has 2 heterocycles. The molecular weight excluding hydrogens is 322 g/mol. The highest BCUT2D eigenvalue weighted by Crippen LogP contribution is 2.40. The number of amides is 2. The Morgan fingerprint density at radius 2 is 2.25 bits per heavy atom. The molecule has 130 valence electrons. The van der Waals surface area contributed by atoms with Gasteiger partial charge in [-0.1, -0.05) is 13.8 Å². The van der Waals surface area contributed by atoms with Crippen molar-refractivity contribution in [1.29, 1.82) is 0 Å². The van der Waals surface area contributed by atoms with Crippen LogP contribution in [0.5, 0.6) is 0 Å². The topological polar surface area (TPSA) is 63.1 Å². The predicted molar refractivity (Wildman–Crippen MR) is 94.9 cm³/mol. The maximum Gasteiger partial charge on any atom is 0.318 e. The van der Waals surface area contributed by atoms with E-state index >= 15 is 0 Å². The highest BCUT2D eigenvalue weighted by Gasteiger charge is 2.36. The van der Waals surface area contributed by atoms with Crippen LogP contribution in [0.25, 0.3) is 0 Å². The summed E-state index contributed by atoms with van der Waals surface area (Å²) < 4.78 is 1.98. The highest BCUT2D eigenvalue weighted by molar-refractivity contribution is 7.09. The van der Waals surface area contributed by atoms with Gasteiger partial charge in [0.1, 0.15) is 5.82 Å². The third kappa shape index (κ3) is 3.77. The molecule has 6 nitrogen and oxygen atoms in total.